The average molecular weight is 243 g/mol. The highest BCUT2D eigenvalue weighted by atomic mass is 32.2. The summed E-state index contributed by atoms with van der Waals surface area (Å²) >= 11 is 1.56. The van der Waals surface area contributed by atoms with Crippen LogP contribution in [0.1, 0.15) is 0 Å². The van der Waals surface area contributed by atoms with Crippen LogP contribution in [0, 0.1) is 0 Å². The van der Waals surface area contributed by atoms with Crippen LogP contribution < -0.4 is 4.90 Å². The summed E-state index contributed by atoms with van der Waals surface area (Å²) in [6, 6.07) is 5.61. The molecule has 2 rings (SSSR count). The highest BCUT2D eigenvalue weighted by Crippen LogP contribution is 2.32. The first kappa shape index (κ1) is 10.8. The number of thioether (sulfide) groups is 1. The van der Waals surface area contributed by atoms with E-state index in [0.717, 1.165) is 10.6 Å². The molecule has 0 unspecified atom stereocenters. The second kappa shape index (κ2) is 3.72. The first-order valence-corrected chi connectivity index (χ1v) is 7.54. The molecule has 0 atom stereocenters. The fourth-order valence-electron chi connectivity index (χ4n) is 1.67. The Kier molecular flexibility index (Phi) is 2.68. The van der Waals surface area contributed by atoms with E-state index in [9.17, 15) is 8.42 Å². The number of hydrogen-bond acceptors (Lipinski definition) is 4. The fraction of sp³-hybridized carbons (Fsp3) is 0.400. The minimum Gasteiger partial charge on any atom is -0.373 e. The Balaban J connectivity index is 2.64. The molecule has 3 nitrogen and oxygen atoms in total. The van der Waals surface area contributed by atoms with E-state index >= 15 is 0 Å². The molecule has 1 aromatic rings. The lowest BCUT2D eigenvalue weighted by Gasteiger charge is -2.27. The quantitative estimate of drug-likeness (QED) is 0.703. The number of rotatable bonds is 1. The van der Waals surface area contributed by atoms with Crippen molar-refractivity contribution in [3.8, 4) is 0 Å². The van der Waals surface area contributed by atoms with Gasteiger partial charge < -0.3 is 4.90 Å². The van der Waals surface area contributed by atoms with Gasteiger partial charge in [-0.1, -0.05) is 0 Å². The third-order valence-corrected chi connectivity index (χ3v) is 5.05. The summed E-state index contributed by atoms with van der Waals surface area (Å²) in [4.78, 5) is 3.45. The Bertz CT molecular complexity index is 482. The van der Waals surface area contributed by atoms with Crippen LogP contribution in [0.15, 0.2) is 28.0 Å². The molecular formula is C10H13NO2S2. The summed E-state index contributed by atoms with van der Waals surface area (Å²) in [5.74, 6) is 0.217. The van der Waals surface area contributed by atoms with E-state index in [0.29, 0.717) is 11.4 Å². The number of hydrogen-bond donors (Lipinski definition) is 0. The van der Waals surface area contributed by atoms with Gasteiger partial charge in [0.25, 0.3) is 0 Å². The second-order valence-electron chi connectivity index (χ2n) is 3.57. The molecule has 5 heteroatoms. The van der Waals surface area contributed by atoms with Crippen LogP contribution >= 0.6 is 11.8 Å². The van der Waals surface area contributed by atoms with E-state index in [1.54, 1.807) is 17.8 Å². The van der Waals surface area contributed by atoms with Gasteiger partial charge in [-0.2, -0.15) is 0 Å². The monoisotopic (exact) mass is 243 g/mol. The SMILES string of the molecule is CSc1ccc2c(c1)S(=O)(=O)CCN2C. The molecule has 15 heavy (non-hydrogen) atoms. The Morgan fingerprint density at radius 3 is 2.80 bits per heavy atom. The molecule has 0 bridgehead atoms. The Labute approximate surface area is 94.4 Å². The molecule has 0 fully saturated rings. The molecule has 1 aliphatic rings. The first-order chi connectivity index (χ1) is 7.04. The van der Waals surface area contributed by atoms with Crippen molar-refractivity contribution in [1.29, 1.82) is 0 Å². The zero-order valence-corrected chi connectivity index (χ0v) is 10.4. The van der Waals surface area contributed by atoms with Gasteiger partial charge in [-0.3, -0.25) is 0 Å². The van der Waals surface area contributed by atoms with Gasteiger partial charge in [-0.25, -0.2) is 8.42 Å². The van der Waals surface area contributed by atoms with Gasteiger partial charge in [-0.15, -0.1) is 11.8 Å². The van der Waals surface area contributed by atoms with Gasteiger partial charge in [0, 0.05) is 18.5 Å². The van der Waals surface area contributed by atoms with Crippen molar-refractivity contribution in [3.63, 3.8) is 0 Å². The summed E-state index contributed by atoms with van der Waals surface area (Å²) in [6.45, 7) is 0.577. The lowest BCUT2D eigenvalue weighted by atomic mass is 10.3. The number of nitrogens with zero attached hydrogens (tertiary/aromatic N) is 1. The molecule has 0 amide bonds. The minimum atomic E-state index is -3.06. The maximum absolute atomic E-state index is 11.9. The maximum Gasteiger partial charge on any atom is 0.182 e. The molecule has 0 saturated heterocycles. The van der Waals surface area contributed by atoms with E-state index in [1.165, 1.54) is 0 Å². The lowest BCUT2D eigenvalue weighted by Crippen LogP contribution is -2.31. The van der Waals surface area contributed by atoms with Gasteiger partial charge in [0.15, 0.2) is 9.84 Å². The predicted octanol–water partition coefficient (Wildman–Crippen LogP) is 1.63. The zero-order valence-electron chi connectivity index (χ0n) is 8.73. The van der Waals surface area contributed by atoms with Crippen molar-refractivity contribution in [1.82, 2.24) is 0 Å². The lowest BCUT2D eigenvalue weighted by molar-refractivity contribution is 0.591. The Morgan fingerprint density at radius 1 is 1.40 bits per heavy atom. The molecule has 1 aliphatic heterocycles. The zero-order chi connectivity index (χ0) is 11.1. The van der Waals surface area contributed by atoms with E-state index in [4.69, 9.17) is 0 Å². The predicted molar refractivity (Wildman–Crippen MR) is 63.5 cm³/mol. The molecular weight excluding hydrogens is 230 g/mol. The van der Waals surface area contributed by atoms with Gasteiger partial charge in [-0.05, 0) is 24.5 Å². The highest BCUT2D eigenvalue weighted by molar-refractivity contribution is 7.98. The molecule has 82 valence electrons. The molecule has 0 saturated carbocycles. The van der Waals surface area contributed by atoms with Crippen LogP contribution in [0.4, 0.5) is 5.69 Å². The maximum atomic E-state index is 11.9. The summed E-state index contributed by atoms with van der Waals surface area (Å²) in [6.07, 6.45) is 1.95. The van der Waals surface area contributed by atoms with E-state index in [-0.39, 0.29) is 5.75 Å². The smallest absolute Gasteiger partial charge is 0.182 e. The first-order valence-electron chi connectivity index (χ1n) is 4.66. The van der Waals surface area contributed by atoms with Crippen molar-refractivity contribution in [2.45, 2.75) is 9.79 Å². The van der Waals surface area contributed by atoms with Crippen LogP contribution in [-0.2, 0) is 9.84 Å². The topological polar surface area (TPSA) is 37.4 Å². The van der Waals surface area contributed by atoms with Crippen molar-refractivity contribution in [2.24, 2.45) is 0 Å². The molecule has 0 N–H and O–H groups in total. The number of sulfone groups is 1. The standard InChI is InChI=1S/C10H13NO2S2/c1-11-5-6-15(12,13)10-7-8(14-2)3-4-9(10)11/h3-4,7H,5-6H2,1-2H3. The highest BCUT2D eigenvalue weighted by Gasteiger charge is 2.26. The van der Waals surface area contributed by atoms with Crippen molar-refractivity contribution in [2.75, 3.05) is 30.5 Å². The molecule has 1 aromatic carbocycles. The van der Waals surface area contributed by atoms with Crippen LogP contribution in [0.3, 0.4) is 0 Å². The van der Waals surface area contributed by atoms with E-state index in [2.05, 4.69) is 0 Å². The number of anilines is 1. The third-order valence-electron chi connectivity index (χ3n) is 2.61. The van der Waals surface area contributed by atoms with Crippen LogP contribution in [-0.4, -0.2) is 34.0 Å². The normalized spacial score (nSPS) is 18.7. The van der Waals surface area contributed by atoms with Crippen molar-refractivity contribution >= 4 is 27.3 Å². The molecule has 0 radical (unpaired) electrons. The third kappa shape index (κ3) is 1.86. The largest absolute Gasteiger partial charge is 0.373 e. The average Bonchev–Trinajstić information content (AvgIpc) is 2.24. The van der Waals surface area contributed by atoms with Gasteiger partial charge in [0.1, 0.15) is 0 Å². The molecule has 0 aromatic heterocycles. The Hall–Kier alpha value is -0.680. The molecule has 0 aliphatic carbocycles. The second-order valence-corrected chi connectivity index (χ2v) is 6.53. The van der Waals surface area contributed by atoms with Gasteiger partial charge in [0.05, 0.1) is 16.3 Å². The summed E-state index contributed by atoms with van der Waals surface area (Å²) in [7, 11) is -1.14. The summed E-state index contributed by atoms with van der Waals surface area (Å²) < 4.78 is 23.7. The Morgan fingerprint density at radius 2 is 2.13 bits per heavy atom. The van der Waals surface area contributed by atoms with Crippen LogP contribution in [0.5, 0.6) is 0 Å². The van der Waals surface area contributed by atoms with Crippen molar-refractivity contribution < 1.29 is 8.42 Å². The van der Waals surface area contributed by atoms with E-state index < -0.39 is 9.84 Å². The summed E-state index contributed by atoms with van der Waals surface area (Å²) in [5, 5.41) is 0. The van der Waals surface area contributed by atoms with Crippen molar-refractivity contribution in [3.05, 3.63) is 18.2 Å². The van der Waals surface area contributed by atoms with Gasteiger partial charge >= 0.3 is 0 Å². The molecule has 0 spiro atoms. The van der Waals surface area contributed by atoms with Crippen LogP contribution in [0.2, 0.25) is 0 Å². The summed E-state index contributed by atoms with van der Waals surface area (Å²) in [5.41, 5.74) is 0.819. The number of fused-ring (bicyclic) bond motifs is 1. The molecule has 1 heterocycles. The number of benzene rings is 1. The fourth-order valence-corrected chi connectivity index (χ4v) is 3.77. The van der Waals surface area contributed by atoms with E-state index in [1.807, 2.05) is 30.3 Å². The van der Waals surface area contributed by atoms with Crippen LogP contribution in [0.25, 0.3) is 0 Å². The minimum absolute atomic E-state index is 0.217. The van der Waals surface area contributed by atoms with Gasteiger partial charge in [0.2, 0.25) is 0 Å².